The molecule has 4 nitrogen and oxygen atoms in total. The van der Waals surface area contributed by atoms with Crippen molar-refractivity contribution in [2.45, 2.75) is 6.92 Å². The summed E-state index contributed by atoms with van der Waals surface area (Å²) < 4.78 is 0.919. The predicted octanol–water partition coefficient (Wildman–Crippen LogP) is 4.32. The summed E-state index contributed by atoms with van der Waals surface area (Å²) >= 11 is 3.46. The Labute approximate surface area is 142 Å². The van der Waals surface area contributed by atoms with Crippen molar-refractivity contribution in [1.82, 2.24) is 15.0 Å². The number of para-hydroxylation sites is 1. The van der Waals surface area contributed by atoms with Gasteiger partial charge in [0.1, 0.15) is 11.3 Å². The number of hydrogen-bond donors (Lipinski definition) is 1. The third-order valence-electron chi connectivity index (χ3n) is 3.34. The van der Waals surface area contributed by atoms with Gasteiger partial charge in [-0.25, -0.2) is 4.98 Å². The largest absolute Gasteiger partial charge is 0.338 e. The van der Waals surface area contributed by atoms with Gasteiger partial charge >= 0.3 is 0 Å². The molecule has 3 aromatic rings. The number of nitrogens with one attached hydrogen (secondary N) is 1. The molecule has 0 spiro atoms. The van der Waals surface area contributed by atoms with E-state index in [2.05, 4.69) is 30.9 Å². The van der Waals surface area contributed by atoms with Crippen LogP contribution in [-0.2, 0) is 4.79 Å². The Bertz CT molecular complexity index is 925. The maximum absolute atomic E-state index is 11.9. The van der Waals surface area contributed by atoms with Crippen LogP contribution < -0.4 is 0 Å². The Kier molecular flexibility index (Phi) is 4.48. The van der Waals surface area contributed by atoms with Gasteiger partial charge in [-0.05, 0) is 70.9 Å². The standard InChI is InChI=1S/C18H14BrN3O/c1-12-4-3-11-20-15(12)9-7-13(23)8-10-17-21-16-6-2-5-14(19)18(16)22-17/h2-11H,1H3,(H,21,22)/b9-7+,10-8+. The van der Waals surface area contributed by atoms with Crippen LogP contribution in [0.3, 0.4) is 0 Å². The van der Waals surface area contributed by atoms with Crippen molar-refractivity contribution >= 4 is 44.9 Å². The highest BCUT2D eigenvalue weighted by Gasteiger charge is 2.03. The number of rotatable bonds is 4. The van der Waals surface area contributed by atoms with Crippen molar-refractivity contribution < 1.29 is 4.79 Å². The number of carbonyl (C=O) groups is 1. The summed E-state index contributed by atoms with van der Waals surface area (Å²) in [7, 11) is 0. The average Bonchev–Trinajstić information content (AvgIpc) is 2.97. The second-order valence-corrected chi connectivity index (χ2v) is 5.89. The highest BCUT2D eigenvalue weighted by molar-refractivity contribution is 9.10. The first-order valence-electron chi connectivity index (χ1n) is 7.09. The first-order valence-corrected chi connectivity index (χ1v) is 7.89. The van der Waals surface area contributed by atoms with Crippen LogP contribution in [0.2, 0.25) is 0 Å². The minimum atomic E-state index is -0.116. The lowest BCUT2D eigenvalue weighted by Crippen LogP contribution is -1.88. The van der Waals surface area contributed by atoms with Gasteiger partial charge in [0.15, 0.2) is 5.78 Å². The topological polar surface area (TPSA) is 58.6 Å². The summed E-state index contributed by atoms with van der Waals surface area (Å²) in [5, 5.41) is 0. The number of allylic oxidation sites excluding steroid dienone is 2. The van der Waals surface area contributed by atoms with E-state index in [4.69, 9.17) is 0 Å². The number of imidazole rings is 1. The Balaban J connectivity index is 1.75. The number of benzene rings is 1. The molecule has 0 saturated heterocycles. The molecule has 114 valence electrons. The summed E-state index contributed by atoms with van der Waals surface area (Å²) in [6.07, 6.45) is 8.09. The molecule has 23 heavy (non-hydrogen) atoms. The molecule has 0 aliphatic rings. The molecule has 0 amide bonds. The first-order chi connectivity index (χ1) is 11.1. The van der Waals surface area contributed by atoms with Gasteiger partial charge in [-0.3, -0.25) is 9.78 Å². The number of aromatic amines is 1. The molecule has 1 N–H and O–H groups in total. The molecule has 0 atom stereocenters. The fourth-order valence-electron chi connectivity index (χ4n) is 2.15. The number of pyridine rings is 1. The minimum Gasteiger partial charge on any atom is -0.338 e. The average molecular weight is 368 g/mol. The number of H-pyrrole nitrogens is 1. The van der Waals surface area contributed by atoms with Crippen LogP contribution in [0.25, 0.3) is 23.2 Å². The van der Waals surface area contributed by atoms with Gasteiger partial charge in [0.25, 0.3) is 0 Å². The Hall–Kier alpha value is -2.53. The highest BCUT2D eigenvalue weighted by Crippen LogP contribution is 2.21. The molecule has 3 rings (SSSR count). The Morgan fingerprint density at radius 3 is 2.78 bits per heavy atom. The number of ketones is 1. The van der Waals surface area contributed by atoms with E-state index < -0.39 is 0 Å². The smallest absolute Gasteiger partial charge is 0.178 e. The summed E-state index contributed by atoms with van der Waals surface area (Å²) in [5.41, 5.74) is 3.59. The van der Waals surface area contributed by atoms with E-state index in [9.17, 15) is 4.79 Å². The van der Waals surface area contributed by atoms with Crippen molar-refractivity contribution in [3.05, 3.63) is 70.2 Å². The molecule has 0 radical (unpaired) electrons. The highest BCUT2D eigenvalue weighted by atomic mass is 79.9. The van der Waals surface area contributed by atoms with Crippen LogP contribution in [0.4, 0.5) is 0 Å². The molecular formula is C18H14BrN3O. The van der Waals surface area contributed by atoms with Crippen LogP contribution in [0.1, 0.15) is 17.1 Å². The van der Waals surface area contributed by atoms with E-state index in [1.54, 1.807) is 18.3 Å². The number of aromatic nitrogens is 3. The molecule has 1 aromatic carbocycles. The normalized spacial score (nSPS) is 11.7. The van der Waals surface area contributed by atoms with Crippen molar-refractivity contribution in [3.8, 4) is 0 Å². The number of halogens is 1. The molecule has 0 saturated carbocycles. The van der Waals surface area contributed by atoms with E-state index in [0.717, 1.165) is 26.8 Å². The van der Waals surface area contributed by atoms with E-state index in [1.165, 1.54) is 12.2 Å². The van der Waals surface area contributed by atoms with Crippen LogP contribution >= 0.6 is 15.9 Å². The van der Waals surface area contributed by atoms with E-state index in [-0.39, 0.29) is 5.78 Å². The van der Waals surface area contributed by atoms with E-state index in [1.807, 2.05) is 37.3 Å². The summed E-state index contributed by atoms with van der Waals surface area (Å²) in [4.78, 5) is 23.7. The SMILES string of the molecule is Cc1cccnc1/C=C/C(=O)/C=C/c1nc2c(Br)cccc2[nH]1. The van der Waals surface area contributed by atoms with Gasteiger partial charge in [-0.1, -0.05) is 12.1 Å². The van der Waals surface area contributed by atoms with Gasteiger partial charge in [-0.15, -0.1) is 0 Å². The Morgan fingerprint density at radius 2 is 2.00 bits per heavy atom. The molecule has 0 aliphatic heterocycles. The molecule has 2 heterocycles. The van der Waals surface area contributed by atoms with Gasteiger partial charge in [0.2, 0.25) is 0 Å². The number of hydrogen-bond acceptors (Lipinski definition) is 3. The molecule has 0 aliphatic carbocycles. The third kappa shape index (κ3) is 3.63. The van der Waals surface area contributed by atoms with Gasteiger partial charge < -0.3 is 4.98 Å². The van der Waals surface area contributed by atoms with Gasteiger partial charge in [0, 0.05) is 10.7 Å². The van der Waals surface area contributed by atoms with Crippen LogP contribution in [-0.4, -0.2) is 20.7 Å². The lowest BCUT2D eigenvalue weighted by Gasteiger charge is -1.95. The third-order valence-corrected chi connectivity index (χ3v) is 3.98. The van der Waals surface area contributed by atoms with Crippen molar-refractivity contribution in [1.29, 1.82) is 0 Å². The van der Waals surface area contributed by atoms with Crippen molar-refractivity contribution in [2.75, 3.05) is 0 Å². The zero-order valence-electron chi connectivity index (χ0n) is 12.5. The fourth-order valence-corrected chi connectivity index (χ4v) is 2.60. The molecule has 2 aromatic heterocycles. The molecule has 0 fully saturated rings. The summed E-state index contributed by atoms with van der Waals surface area (Å²) in [6.45, 7) is 1.96. The monoisotopic (exact) mass is 367 g/mol. The second-order valence-electron chi connectivity index (χ2n) is 5.03. The summed E-state index contributed by atoms with van der Waals surface area (Å²) in [6, 6.07) is 9.63. The molecule has 0 bridgehead atoms. The van der Waals surface area contributed by atoms with Crippen molar-refractivity contribution in [3.63, 3.8) is 0 Å². The summed E-state index contributed by atoms with van der Waals surface area (Å²) in [5.74, 6) is 0.525. The van der Waals surface area contributed by atoms with Crippen LogP contribution in [0.15, 0.2) is 53.2 Å². The fraction of sp³-hybridized carbons (Fsp3) is 0.0556. The lowest BCUT2D eigenvalue weighted by molar-refractivity contribution is -0.110. The predicted molar refractivity (Wildman–Crippen MR) is 95.8 cm³/mol. The van der Waals surface area contributed by atoms with E-state index >= 15 is 0 Å². The molecule has 5 heteroatoms. The molecular weight excluding hydrogens is 354 g/mol. The molecule has 0 unspecified atom stereocenters. The first kappa shape index (κ1) is 15.4. The van der Waals surface area contributed by atoms with Gasteiger partial charge in [0.05, 0.1) is 11.2 Å². The van der Waals surface area contributed by atoms with E-state index in [0.29, 0.717) is 5.82 Å². The van der Waals surface area contributed by atoms with Crippen molar-refractivity contribution in [2.24, 2.45) is 0 Å². The van der Waals surface area contributed by atoms with Crippen LogP contribution in [0.5, 0.6) is 0 Å². The minimum absolute atomic E-state index is 0.116. The lowest BCUT2D eigenvalue weighted by atomic mass is 10.2. The number of carbonyl (C=O) groups excluding carboxylic acids is 1. The quantitative estimate of drug-likeness (QED) is 0.698. The number of aryl methyl sites for hydroxylation is 1. The zero-order chi connectivity index (χ0) is 16.2. The zero-order valence-corrected chi connectivity index (χ0v) is 14.0. The van der Waals surface area contributed by atoms with Gasteiger partial charge in [-0.2, -0.15) is 0 Å². The second kappa shape index (κ2) is 6.71. The number of nitrogens with zero attached hydrogens (tertiary/aromatic N) is 2. The maximum atomic E-state index is 11.9. The van der Waals surface area contributed by atoms with Crippen LogP contribution in [0, 0.1) is 6.92 Å². The number of fused-ring (bicyclic) bond motifs is 1. The Morgan fingerprint density at radius 1 is 1.17 bits per heavy atom. The maximum Gasteiger partial charge on any atom is 0.178 e.